The molecule has 2 rings (SSSR count). The van der Waals surface area contributed by atoms with Crippen molar-refractivity contribution < 1.29 is 9.59 Å². The zero-order chi connectivity index (χ0) is 15.5. The Kier molecular flexibility index (Phi) is 5.41. The summed E-state index contributed by atoms with van der Waals surface area (Å²) < 4.78 is 0. The summed E-state index contributed by atoms with van der Waals surface area (Å²) in [5, 5.41) is 2.85. The van der Waals surface area contributed by atoms with Crippen LogP contribution in [-0.4, -0.2) is 58.5 Å². The van der Waals surface area contributed by atoms with Crippen molar-refractivity contribution in [3.63, 3.8) is 0 Å². The third-order valence-electron chi connectivity index (χ3n) is 4.22. The number of piperidine rings is 1. The van der Waals surface area contributed by atoms with Crippen molar-refractivity contribution in [2.45, 2.75) is 44.9 Å². The van der Waals surface area contributed by atoms with Gasteiger partial charge in [-0.1, -0.05) is 13.8 Å². The number of urea groups is 1. The van der Waals surface area contributed by atoms with Crippen molar-refractivity contribution in [1.29, 1.82) is 0 Å². The fourth-order valence-electron chi connectivity index (χ4n) is 3.16. The van der Waals surface area contributed by atoms with Gasteiger partial charge in [-0.15, -0.1) is 11.8 Å². The first-order chi connectivity index (χ1) is 9.98. The molecule has 0 saturated carbocycles. The Morgan fingerprint density at radius 3 is 2.48 bits per heavy atom. The number of amides is 3. The summed E-state index contributed by atoms with van der Waals surface area (Å²) in [7, 11) is 0. The average Bonchev–Trinajstić information content (AvgIpc) is 2.82. The summed E-state index contributed by atoms with van der Waals surface area (Å²) in [5.41, 5.74) is 0. The quantitative estimate of drug-likeness (QED) is 0.868. The van der Waals surface area contributed by atoms with E-state index in [-0.39, 0.29) is 16.8 Å². The Morgan fingerprint density at radius 2 is 1.90 bits per heavy atom. The SMILES string of the molecule is CCNC(=O)N1CCC2(CC1)SCCN2C(=O)CC(C)C. The predicted octanol–water partition coefficient (Wildman–Crippen LogP) is 2.13. The van der Waals surface area contributed by atoms with Crippen molar-refractivity contribution in [2.75, 3.05) is 31.9 Å². The molecule has 1 spiro atoms. The van der Waals surface area contributed by atoms with Gasteiger partial charge in [-0.05, 0) is 25.7 Å². The molecule has 3 amide bonds. The van der Waals surface area contributed by atoms with Crippen LogP contribution in [0.5, 0.6) is 0 Å². The number of thioether (sulfide) groups is 1. The Morgan fingerprint density at radius 1 is 1.24 bits per heavy atom. The summed E-state index contributed by atoms with van der Waals surface area (Å²) >= 11 is 1.90. The standard InChI is InChI=1S/C15H27N3O2S/c1-4-16-14(20)17-7-5-15(6-8-17)18(9-10-21-15)13(19)11-12(2)3/h12H,4-11H2,1-3H3,(H,16,20). The van der Waals surface area contributed by atoms with Gasteiger partial charge in [-0.25, -0.2) is 4.79 Å². The summed E-state index contributed by atoms with van der Waals surface area (Å²) in [6.45, 7) is 9.11. The van der Waals surface area contributed by atoms with E-state index in [2.05, 4.69) is 24.1 Å². The van der Waals surface area contributed by atoms with Crippen LogP contribution in [0, 0.1) is 5.92 Å². The third kappa shape index (κ3) is 3.65. The molecule has 1 N–H and O–H groups in total. The summed E-state index contributed by atoms with van der Waals surface area (Å²) in [6.07, 6.45) is 2.40. The first-order valence-electron chi connectivity index (χ1n) is 7.95. The van der Waals surface area contributed by atoms with Gasteiger partial charge >= 0.3 is 6.03 Å². The zero-order valence-electron chi connectivity index (χ0n) is 13.4. The van der Waals surface area contributed by atoms with Gasteiger partial charge < -0.3 is 15.1 Å². The molecule has 5 nitrogen and oxygen atoms in total. The van der Waals surface area contributed by atoms with Crippen LogP contribution in [0.1, 0.15) is 40.0 Å². The molecule has 0 radical (unpaired) electrons. The van der Waals surface area contributed by atoms with Crippen LogP contribution in [-0.2, 0) is 4.79 Å². The van der Waals surface area contributed by atoms with Crippen LogP contribution < -0.4 is 5.32 Å². The second kappa shape index (κ2) is 6.90. The van der Waals surface area contributed by atoms with E-state index in [9.17, 15) is 9.59 Å². The van der Waals surface area contributed by atoms with E-state index in [0.29, 0.717) is 18.9 Å². The Hall–Kier alpha value is -0.910. The largest absolute Gasteiger partial charge is 0.338 e. The van der Waals surface area contributed by atoms with E-state index in [1.165, 1.54) is 0 Å². The molecule has 120 valence electrons. The van der Waals surface area contributed by atoms with E-state index in [0.717, 1.165) is 38.2 Å². The molecular formula is C15H27N3O2S. The molecule has 2 saturated heterocycles. The monoisotopic (exact) mass is 313 g/mol. The van der Waals surface area contributed by atoms with Crippen molar-refractivity contribution in [2.24, 2.45) is 5.92 Å². The molecule has 6 heteroatoms. The molecule has 2 heterocycles. The lowest BCUT2D eigenvalue weighted by Crippen LogP contribution is -2.55. The maximum absolute atomic E-state index is 12.5. The fraction of sp³-hybridized carbons (Fsp3) is 0.867. The Labute approximate surface area is 131 Å². The highest BCUT2D eigenvalue weighted by atomic mass is 32.2. The van der Waals surface area contributed by atoms with Gasteiger partial charge in [0.25, 0.3) is 0 Å². The highest BCUT2D eigenvalue weighted by molar-refractivity contribution is 8.00. The molecule has 0 aliphatic carbocycles. The number of nitrogens with one attached hydrogen (secondary N) is 1. The Balaban J connectivity index is 1.97. The molecule has 0 aromatic carbocycles. The van der Waals surface area contributed by atoms with Crippen LogP contribution >= 0.6 is 11.8 Å². The molecule has 0 aromatic heterocycles. The number of nitrogens with zero attached hydrogens (tertiary/aromatic N) is 2. The number of likely N-dealkylation sites (tertiary alicyclic amines) is 1. The molecule has 0 bridgehead atoms. The van der Waals surface area contributed by atoms with Crippen LogP contribution in [0.2, 0.25) is 0 Å². The highest BCUT2D eigenvalue weighted by Gasteiger charge is 2.46. The van der Waals surface area contributed by atoms with Crippen molar-refractivity contribution >= 4 is 23.7 Å². The molecule has 0 aromatic rings. The van der Waals surface area contributed by atoms with Gasteiger partial charge in [0, 0.05) is 38.4 Å². The van der Waals surface area contributed by atoms with Crippen molar-refractivity contribution in [3.8, 4) is 0 Å². The zero-order valence-corrected chi connectivity index (χ0v) is 14.2. The lowest BCUT2D eigenvalue weighted by molar-refractivity contribution is -0.135. The first kappa shape index (κ1) is 16.5. The smallest absolute Gasteiger partial charge is 0.317 e. The highest BCUT2D eigenvalue weighted by Crippen LogP contribution is 2.44. The molecule has 21 heavy (non-hydrogen) atoms. The fourth-order valence-corrected chi connectivity index (χ4v) is 4.63. The topological polar surface area (TPSA) is 52.7 Å². The van der Waals surface area contributed by atoms with Crippen LogP contribution in [0.3, 0.4) is 0 Å². The maximum atomic E-state index is 12.5. The number of carbonyl (C=O) groups excluding carboxylic acids is 2. The van der Waals surface area contributed by atoms with Crippen LogP contribution in [0.15, 0.2) is 0 Å². The van der Waals surface area contributed by atoms with E-state index in [1.54, 1.807) is 0 Å². The second-order valence-corrected chi connectivity index (χ2v) is 7.72. The minimum absolute atomic E-state index is 0.0235. The van der Waals surface area contributed by atoms with E-state index in [4.69, 9.17) is 0 Å². The van der Waals surface area contributed by atoms with Gasteiger partial charge in [-0.2, -0.15) is 0 Å². The van der Waals surface area contributed by atoms with Gasteiger partial charge in [0.2, 0.25) is 5.91 Å². The lowest BCUT2D eigenvalue weighted by Gasteiger charge is -2.44. The van der Waals surface area contributed by atoms with Gasteiger partial charge in [0.05, 0.1) is 4.87 Å². The maximum Gasteiger partial charge on any atom is 0.317 e. The van der Waals surface area contributed by atoms with Gasteiger partial charge in [0.15, 0.2) is 0 Å². The van der Waals surface area contributed by atoms with Gasteiger partial charge in [0.1, 0.15) is 0 Å². The summed E-state index contributed by atoms with van der Waals surface area (Å²) in [4.78, 5) is 28.3. The van der Waals surface area contributed by atoms with Crippen LogP contribution in [0.4, 0.5) is 4.79 Å². The van der Waals surface area contributed by atoms with E-state index >= 15 is 0 Å². The molecule has 0 atom stereocenters. The second-order valence-electron chi connectivity index (χ2n) is 6.26. The Bertz CT molecular complexity index is 392. The molecule has 2 fully saturated rings. The van der Waals surface area contributed by atoms with Gasteiger partial charge in [-0.3, -0.25) is 4.79 Å². The minimum atomic E-state index is -0.0605. The number of rotatable bonds is 3. The average molecular weight is 313 g/mol. The van der Waals surface area contributed by atoms with Crippen molar-refractivity contribution in [1.82, 2.24) is 15.1 Å². The van der Waals surface area contributed by atoms with E-state index in [1.807, 2.05) is 23.6 Å². The van der Waals surface area contributed by atoms with Crippen molar-refractivity contribution in [3.05, 3.63) is 0 Å². The third-order valence-corrected chi connectivity index (χ3v) is 5.77. The normalized spacial score (nSPS) is 21.1. The summed E-state index contributed by atoms with van der Waals surface area (Å²) in [5.74, 6) is 1.70. The minimum Gasteiger partial charge on any atom is -0.338 e. The molecule has 0 unspecified atom stereocenters. The summed E-state index contributed by atoms with van der Waals surface area (Å²) in [6, 6.07) is 0.0235. The lowest BCUT2D eigenvalue weighted by atomic mass is 10.0. The number of carbonyl (C=O) groups is 2. The molecular weight excluding hydrogens is 286 g/mol. The molecule has 2 aliphatic heterocycles. The van der Waals surface area contributed by atoms with Crippen LogP contribution in [0.25, 0.3) is 0 Å². The predicted molar refractivity (Wildman–Crippen MR) is 86.2 cm³/mol. The number of hydrogen-bond donors (Lipinski definition) is 1. The van der Waals surface area contributed by atoms with E-state index < -0.39 is 0 Å². The molecule has 2 aliphatic rings. The first-order valence-corrected chi connectivity index (χ1v) is 8.94. The number of hydrogen-bond acceptors (Lipinski definition) is 3.